The second-order valence-electron chi connectivity index (χ2n) is 10.6. The van der Waals surface area contributed by atoms with Gasteiger partial charge in [0.05, 0.1) is 6.04 Å². The number of dihydropyridines is 1. The second-order valence-corrected chi connectivity index (χ2v) is 10.6. The first-order valence-electron chi connectivity index (χ1n) is 12.1. The predicted molar refractivity (Wildman–Crippen MR) is 118 cm³/mol. The number of hydrogen-bond donors (Lipinski definition) is 0. The Kier molecular flexibility index (Phi) is 3.69. The third-order valence-electron chi connectivity index (χ3n) is 9.23. The van der Waals surface area contributed by atoms with Crippen molar-refractivity contribution < 1.29 is 0 Å². The SMILES string of the molecule is C1=CC2=CCC3=C4[C@H](CCC3CC3CC5C=CC3C5)[C@H]3CN=CC=C3N4C2CC1. The molecule has 3 aliphatic heterocycles. The van der Waals surface area contributed by atoms with Gasteiger partial charge in [0.25, 0.3) is 0 Å². The van der Waals surface area contributed by atoms with Gasteiger partial charge < -0.3 is 4.90 Å². The van der Waals surface area contributed by atoms with E-state index in [1.165, 1.54) is 51.4 Å². The Hall–Kier alpha value is -1.83. The third-order valence-corrected chi connectivity index (χ3v) is 9.23. The lowest BCUT2D eigenvalue weighted by molar-refractivity contribution is 0.280. The van der Waals surface area contributed by atoms with Crippen molar-refractivity contribution in [3.05, 3.63) is 59.0 Å². The lowest BCUT2D eigenvalue weighted by Crippen LogP contribution is -2.35. The molecule has 1 saturated carbocycles. The number of fused-ring (bicyclic) bond motifs is 7. The molecule has 2 heteroatoms. The maximum atomic E-state index is 4.69. The average molecular weight is 385 g/mol. The zero-order chi connectivity index (χ0) is 18.9. The van der Waals surface area contributed by atoms with Gasteiger partial charge in [-0.25, -0.2) is 0 Å². The summed E-state index contributed by atoms with van der Waals surface area (Å²) in [6.45, 7) is 1.01. The van der Waals surface area contributed by atoms with Crippen LogP contribution in [0.15, 0.2) is 64.0 Å². The van der Waals surface area contributed by atoms with E-state index in [1.807, 2.05) is 5.57 Å². The summed E-state index contributed by atoms with van der Waals surface area (Å²) in [5, 5.41) is 0. The van der Waals surface area contributed by atoms with Gasteiger partial charge in [0, 0.05) is 36.0 Å². The maximum absolute atomic E-state index is 4.69. The second kappa shape index (κ2) is 6.33. The molecule has 0 radical (unpaired) electrons. The van der Waals surface area contributed by atoms with Gasteiger partial charge in [-0.05, 0) is 92.3 Å². The predicted octanol–water partition coefficient (Wildman–Crippen LogP) is 5.82. The fourth-order valence-corrected chi connectivity index (χ4v) is 7.99. The Balaban J connectivity index is 1.30. The molecule has 4 aliphatic carbocycles. The summed E-state index contributed by atoms with van der Waals surface area (Å²) in [5.74, 6) is 4.90. The van der Waals surface area contributed by atoms with Gasteiger partial charge in [-0.15, -0.1) is 0 Å². The number of nitrogens with zero attached hydrogens (tertiary/aromatic N) is 2. The molecule has 0 aromatic rings. The van der Waals surface area contributed by atoms with Crippen LogP contribution in [0.1, 0.15) is 51.4 Å². The summed E-state index contributed by atoms with van der Waals surface area (Å²) in [4.78, 5) is 7.53. The molecule has 29 heavy (non-hydrogen) atoms. The quantitative estimate of drug-likeness (QED) is 0.548. The van der Waals surface area contributed by atoms with Crippen LogP contribution in [-0.2, 0) is 0 Å². The van der Waals surface area contributed by atoms with Crippen molar-refractivity contribution in [1.29, 1.82) is 0 Å². The smallest absolute Gasteiger partial charge is 0.0585 e. The van der Waals surface area contributed by atoms with E-state index in [0.29, 0.717) is 12.0 Å². The van der Waals surface area contributed by atoms with E-state index in [1.54, 1.807) is 17.0 Å². The molecule has 0 aromatic carbocycles. The van der Waals surface area contributed by atoms with E-state index in [-0.39, 0.29) is 0 Å². The van der Waals surface area contributed by atoms with Crippen LogP contribution >= 0.6 is 0 Å². The summed E-state index contributed by atoms with van der Waals surface area (Å²) in [7, 11) is 0. The highest BCUT2D eigenvalue weighted by molar-refractivity contribution is 5.74. The van der Waals surface area contributed by atoms with Gasteiger partial charge in [0.2, 0.25) is 0 Å². The number of allylic oxidation sites excluding steroid dienone is 7. The molecule has 7 rings (SSSR count). The number of rotatable bonds is 2. The van der Waals surface area contributed by atoms with E-state index in [2.05, 4.69) is 47.6 Å². The van der Waals surface area contributed by atoms with Crippen molar-refractivity contribution in [2.75, 3.05) is 6.54 Å². The molecule has 0 N–H and O–H groups in total. The molecule has 3 heterocycles. The third kappa shape index (κ3) is 2.44. The van der Waals surface area contributed by atoms with E-state index in [4.69, 9.17) is 4.99 Å². The number of hydrogen-bond acceptors (Lipinski definition) is 2. The van der Waals surface area contributed by atoms with Gasteiger partial charge in [0.15, 0.2) is 0 Å². The molecular weight excluding hydrogens is 352 g/mol. The summed E-state index contributed by atoms with van der Waals surface area (Å²) in [6, 6.07) is 0.571. The zero-order valence-electron chi connectivity index (χ0n) is 17.3. The average Bonchev–Trinajstić information content (AvgIpc) is 3.43. The standard InChI is InChI=1S/C27H32N2/c1-2-4-25-18(3-1)7-9-22-20(15-21-14-17-5-6-19(21)13-17)8-10-23-24-16-28-12-11-26(24)29(25)27(22)23/h1,3,5-7,11-12,17,19-21,23-25H,2,4,8-10,13-16H2/t17?,19?,20?,21?,23-,24-,25?/m1/s1. The van der Waals surface area contributed by atoms with E-state index in [0.717, 1.165) is 36.1 Å². The molecule has 0 aromatic heterocycles. The first-order valence-corrected chi connectivity index (χ1v) is 12.1. The molecule has 7 aliphatic rings. The summed E-state index contributed by atoms with van der Waals surface area (Å²) < 4.78 is 0. The molecule has 2 fully saturated rings. The molecule has 0 amide bonds. The summed E-state index contributed by atoms with van der Waals surface area (Å²) in [6.07, 6.45) is 27.7. The zero-order valence-corrected chi connectivity index (χ0v) is 17.3. The van der Waals surface area contributed by atoms with Crippen molar-refractivity contribution in [3.8, 4) is 0 Å². The molecule has 5 unspecified atom stereocenters. The first-order chi connectivity index (χ1) is 14.4. The highest BCUT2D eigenvalue weighted by atomic mass is 15.2. The van der Waals surface area contributed by atoms with Gasteiger partial charge >= 0.3 is 0 Å². The fourth-order valence-electron chi connectivity index (χ4n) is 7.99. The highest BCUT2D eigenvalue weighted by Crippen LogP contribution is 2.56. The number of aliphatic imine (C=N–C) groups is 1. The Morgan fingerprint density at radius 2 is 2.07 bits per heavy atom. The van der Waals surface area contributed by atoms with Crippen LogP contribution in [0.4, 0.5) is 0 Å². The van der Waals surface area contributed by atoms with Gasteiger partial charge in [0.1, 0.15) is 0 Å². The van der Waals surface area contributed by atoms with Gasteiger partial charge in [-0.2, -0.15) is 0 Å². The fraction of sp³-hybridized carbons (Fsp3) is 0.593. The van der Waals surface area contributed by atoms with E-state index < -0.39 is 0 Å². The Labute approximate surface area is 174 Å². The first kappa shape index (κ1) is 16.9. The van der Waals surface area contributed by atoms with Crippen LogP contribution in [0, 0.1) is 35.5 Å². The van der Waals surface area contributed by atoms with Gasteiger partial charge in [-0.1, -0.05) is 30.4 Å². The lowest BCUT2D eigenvalue weighted by Gasteiger charge is -2.38. The van der Waals surface area contributed by atoms with Crippen LogP contribution in [0.5, 0.6) is 0 Å². The molecule has 2 nitrogen and oxygen atoms in total. The van der Waals surface area contributed by atoms with Crippen molar-refractivity contribution >= 4 is 6.21 Å². The van der Waals surface area contributed by atoms with Crippen LogP contribution in [0.3, 0.4) is 0 Å². The van der Waals surface area contributed by atoms with Crippen LogP contribution < -0.4 is 0 Å². The molecule has 2 bridgehead atoms. The molecule has 150 valence electrons. The molecule has 1 saturated heterocycles. The van der Waals surface area contributed by atoms with E-state index in [9.17, 15) is 0 Å². The van der Waals surface area contributed by atoms with Crippen LogP contribution in [0.2, 0.25) is 0 Å². The molecular formula is C27H32N2. The Morgan fingerprint density at radius 1 is 1.07 bits per heavy atom. The van der Waals surface area contributed by atoms with E-state index >= 15 is 0 Å². The largest absolute Gasteiger partial charge is 0.341 e. The monoisotopic (exact) mass is 384 g/mol. The molecule has 0 spiro atoms. The topological polar surface area (TPSA) is 15.6 Å². The summed E-state index contributed by atoms with van der Waals surface area (Å²) in [5.41, 5.74) is 6.75. The molecule has 7 atom stereocenters. The lowest BCUT2D eigenvalue weighted by atomic mass is 9.71. The maximum Gasteiger partial charge on any atom is 0.0585 e. The minimum Gasteiger partial charge on any atom is -0.341 e. The minimum absolute atomic E-state index is 0.571. The van der Waals surface area contributed by atoms with Crippen molar-refractivity contribution in [3.63, 3.8) is 0 Å². The minimum atomic E-state index is 0.571. The van der Waals surface area contributed by atoms with Crippen molar-refractivity contribution in [1.82, 2.24) is 4.90 Å². The Bertz CT molecular complexity index is 913. The van der Waals surface area contributed by atoms with Crippen molar-refractivity contribution in [2.45, 2.75) is 57.4 Å². The summed E-state index contributed by atoms with van der Waals surface area (Å²) >= 11 is 0. The van der Waals surface area contributed by atoms with Crippen LogP contribution in [0.25, 0.3) is 0 Å². The van der Waals surface area contributed by atoms with Gasteiger partial charge in [-0.3, -0.25) is 4.99 Å². The Morgan fingerprint density at radius 3 is 2.97 bits per heavy atom. The normalized spacial score (nSPS) is 43.7. The van der Waals surface area contributed by atoms with Crippen molar-refractivity contribution in [2.24, 2.45) is 40.5 Å². The highest BCUT2D eigenvalue weighted by Gasteiger charge is 2.50. The van der Waals surface area contributed by atoms with Crippen LogP contribution in [-0.4, -0.2) is 23.7 Å².